The van der Waals surface area contributed by atoms with Crippen molar-refractivity contribution in [2.45, 2.75) is 58.3 Å². The van der Waals surface area contributed by atoms with Gasteiger partial charge in [-0.2, -0.15) is 18.4 Å². The van der Waals surface area contributed by atoms with Crippen LogP contribution in [0.2, 0.25) is 0 Å². The molecule has 4 nitrogen and oxygen atoms in total. The predicted octanol–water partition coefficient (Wildman–Crippen LogP) is 4.98. The molecule has 2 aliphatic carbocycles. The number of nitrogens with zero attached hydrogens (tertiary/aromatic N) is 1. The van der Waals surface area contributed by atoms with Crippen LogP contribution >= 0.6 is 0 Å². The number of allylic oxidation sites excluding steroid dienone is 3. The fraction of sp³-hybridized carbons (Fsp3) is 0.500. The van der Waals surface area contributed by atoms with Gasteiger partial charge in [0.25, 0.3) is 10.0 Å². The molecule has 1 fully saturated rings. The third-order valence-electron chi connectivity index (χ3n) is 6.43. The molecule has 0 heterocycles. The number of sulfonamides is 1. The Morgan fingerprint density at radius 1 is 1.30 bits per heavy atom. The summed E-state index contributed by atoms with van der Waals surface area (Å²) in [7, 11) is -3.65. The number of benzene rings is 1. The minimum atomic E-state index is -3.65. The molecule has 2 aliphatic rings. The first-order valence-corrected chi connectivity index (χ1v) is 11.1. The van der Waals surface area contributed by atoms with E-state index in [0.717, 1.165) is 37.0 Å². The highest BCUT2D eigenvalue weighted by atomic mass is 32.2. The molecular weight excluding hydrogens is 356 g/mol. The van der Waals surface area contributed by atoms with E-state index in [9.17, 15) is 8.42 Å². The van der Waals surface area contributed by atoms with Crippen molar-refractivity contribution in [1.82, 2.24) is 4.83 Å². The zero-order valence-electron chi connectivity index (χ0n) is 16.7. The first-order chi connectivity index (χ1) is 12.6. The summed E-state index contributed by atoms with van der Waals surface area (Å²) in [5, 5.41) is 4.38. The topological polar surface area (TPSA) is 58.5 Å². The number of nitrogens with one attached hydrogen (secondary N) is 1. The lowest BCUT2D eigenvalue weighted by Gasteiger charge is -2.47. The lowest BCUT2D eigenvalue weighted by molar-refractivity contribution is 0.184. The monoisotopic (exact) mass is 386 g/mol. The lowest BCUT2D eigenvalue weighted by atomic mass is 9.57. The second kappa shape index (κ2) is 7.27. The van der Waals surface area contributed by atoms with Gasteiger partial charge in [-0.3, -0.25) is 0 Å². The Morgan fingerprint density at radius 3 is 2.59 bits per heavy atom. The number of aryl methyl sites for hydroxylation is 1. The van der Waals surface area contributed by atoms with E-state index in [4.69, 9.17) is 0 Å². The Bertz CT molecular complexity index is 897. The van der Waals surface area contributed by atoms with Crippen LogP contribution in [0.15, 0.2) is 58.1 Å². The predicted molar refractivity (Wildman–Crippen MR) is 111 cm³/mol. The molecule has 146 valence electrons. The van der Waals surface area contributed by atoms with Crippen molar-refractivity contribution in [3.63, 3.8) is 0 Å². The quantitative estimate of drug-likeness (QED) is 0.586. The molecule has 1 aromatic carbocycles. The van der Waals surface area contributed by atoms with Crippen molar-refractivity contribution >= 4 is 15.7 Å². The van der Waals surface area contributed by atoms with Crippen molar-refractivity contribution in [3.05, 3.63) is 53.6 Å². The van der Waals surface area contributed by atoms with Crippen molar-refractivity contribution in [3.8, 4) is 0 Å². The van der Waals surface area contributed by atoms with Gasteiger partial charge in [-0.15, -0.1) is 0 Å². The van der Waals surface area contributed by atoms with Crippen LogP contribution in [0.25, 0.3) is 0 Å². The maximum absolute atomic E-state index is 12.6. The molecule has 1 N–H and O–H groups in total. The summed E-state index contributed by atoms with van der Waals surface area (Å²) in [6.45, 7) is 12.8. The van der Waals surface area contributed by atoms with Crippen LogP contribution in [0.1, 0.15) is 52.0 Å². The Balaban J connectivity index is 1.88. The molecule has 0 aliphatic heterocycles. The molecule has 0 saturated heterocycles. The number of fused-ring (bicyclic) bond motifs is 1. The van der Waals surface area contributed by atoms with E-state index in [-0.39, 0.29) is 10.3 Å². The summed E-state index contributed by atoms with van der Waals surface area (Å²) in [6, 6.07) is 6.81. The highest BCUT2D eigenvalue weighted by molar-refractivity contribution is 7.89. The molecule has 0 amide bonds. The maximum atomic E-state index is 12.6. The molecule has 0 aromatic heterocycles. The van der Waals surface area contributed by atoms with Crippen molar-refractivity contribution in [1.29, 1.82) is 0 Å². The molecule has 0 bridgehead atoms. The number of hydrogen-bond donors (Lipinski definition) is 1. The van der Waals surface area contributed by atoms with E-state index in [0.29, 0.717) is 11.8 Å². The van der Waals surface area contributed by atoms with Crippen molar-refractivity contribution in [2.75, 3.05) is 0 Å². The lowest BCUT2D eigenvalue weighted by Crippen LogP contribution is -2.41. The van der Waals surface area contributed by atoms with Crippen LogP contribution in [0.3, 0.4) is 0 Å². The minimum absolute atomic E-state index is 0.0221. The first kappa shape index (κ1) is 19.9. The van der Waals surface area contributed by atoms with Gasteiger partial charge in [0.05, 0.1) is 10.6 Å². The largest absolute Gasteiger partial charge is 0.276 e. The summed E-state index contributed by atoms with van der Waals surface area (Å²) >= 11 is 0. The van der Waals surface area contributed by atoms with Crippen LogP contribution in [-0.2, 0) is 10.0 Å². The second-order valence-electron chi connectivity index (χ2n) is 8.42. The molecular formula is C22H30N2O2S. The van der Waals surface area contributed by atoms with Gasteiger partial charge in [0.1, 0.15) is 0 Å². The van der Waals surface area contributed by atoms with E-state index in [1.807, 2.05) is 6.92 Å². The van der Waals surface area contributed by atoms with Gasteiger partial charge in [-0.1, -0.05) is 49.8 Å². The van der Waals surface area contributed by atoms with Crippen LogP contribution in [0.5, 0.6) is 0 Å². The highest BCUT2D eigenvalue weighted by Gasteiger charge is 2.44. The summed E-state index contributed by atoms with van der Waals surface area (Å²) in [4.78, 5) is 2.71. The number of rotatable bonds is 4. The van der Waals surface area contributed by atoms with Crippen LogP contribution in [0.4, 0.5) is 0 Å². The first-order valence-electron chi connectivity index (χ1n) is 9.65. The van der Waals surface area contributed by atoms with Gasteiger partial charge in [-0.25, -0.2) is 0 Å². The number of hydrazone groups is 1. The van der Waals surface area contributed by atoms with Gasteiger partial charge >= 0.3 is 0 Å². The third-order valence-corrected chi connectivity index (χ3v) is 7.66. The summed E-state index contributed by atoms with van der Waals surface area (Å²) < 4.78 is 25.2. The Labute approximate surface area is 163 Å². The molecule has 0 unspecified atom stereocenters. The van der Waals surface area contributed by atoms with Crippen LogP contribution < -0.4 is 4.83 Å². The van der Waals surface area contributed by atoms with E-state index in [1.165, 1.54) is 11.1 Å². The fourth-order valence-electron chi connectivity index (χ4n) is 4.30. The fourth-order valence-corrected chi connectivity index (χ4v) is 5.13. The van der Waals surface area contributed by atoms with Crippen molar-refractivity contribution in [2.24, 2.45) is 22.4 Å². The Morgan fingerprint density at radius 2 is 1.96 bits per heavy atom. The Hall–Kier alpha value is -1.88. The number of hydrogen-bond acceptors (Lipinski definition) is 3. The van der Waals surface area contributed by atoms with E-state index in [1.54, 1.807) is 24.3 Å². The summed E-state index contributed by atoms with van der Waals surface area (Å²) in [5.74, 6) is 1.03. The van der Waals surface area contributed by atoms with E-state index in [2.05, 4.69) is 43.4 Å². The van der Waals surface area contributed by atoms with Gasteiger partial charge < -0.3 is 0 Å². The molecule has 0 radical (unpaired) electrons. The normalized spacial score (nSPS) is 29.8. The standard InChI is InChI=1S/C22H30N2O2S/c1-15(2)18-9-12-20-21(13-8-17(4)22(20,5)14-18)23-24-27(25,26)19-10-6-16(3)7-11-19/h6-7,10-12,17-18,24H,1,8-9,13-14H2,2-5H3/b23-21-/t17-,18-,22-/m1/s1. The van der Waals surface area contributed by atoms with Gasteiger partial charge in [0.15, 0.2) is 0 Å². The molecule has 0 spiro atoms. The second-order valence-corrected chi connectivity index (χ2v) is 10.1. The van der Waals surface area contributed by atoms with E-state index >= 15 is 0 Å². The maximum Gasteiger partial charge on any atom is 0.276 e. The summed E-state index contributed by atoms with van der Waals surface area (Å²) in [5.41, 5.74) is 4.37. The molecule has 27 heavy (non-hydrogen) atoms. The molecule has 1 saturated carbocycles. The zero-order chi connectivity index (χ0) is 19.8. The third kappa shape index (κ3) is 3.88. The van der Waals surface area contributed by atoms with Gasteiger partial charge in [-0.05, 0) is 74.5 Å². The summed E-state index contributed by atoms with van der Waals surface area (Å²) in [6.07, 6.45) is 6.09. The average Bonchev–Trinajstić information content (AvgIpc) is 2.61. The highest BCUT2D eigenvalue weighted by Crippen LogP contribution is 2.52. The van der Waals surface area contributed by atoms with E-state index < -0.39 is 10.0 Å². The van der Waals surface area contributed by atoms with Gasteiger partial charge in [0.2, 0.25) is 0 Å². The van der Waals surface area contributed by atoms with Gasteiger partial charge in [0, 0.05) is 0 Å². The molecule has 3 rings (SSSR count). The SMILES string of the molecule is C=C(C)[C@@H]1CC=C2/C(=N\NS(=O)(=O)c3ccc(C)cc3)CC[C@@H](C)[C@@]2(C)C1. The van der Waals surface area contributed by atoms with Crippen molar-refractivity contribution < 1.29 is 8.42 Å². The molecule has 1 aromatic rings. The zero-order valence-corrected chi connectivity index (χ0v) is 17.6. The molecule has 3 atom stereocenters. The molecule has 5 heteroatoms. The average molecular weight is 387 g/mol. The van der Waals surface area contributed by atoms with Crippen LogP contribution in [0, 0.1) is 24.2 Å². The Kier molecular flexibility index (Phi) is 5.35. The smallest absolute Gasteiger partial charge is 0.200 e. The van der Waals surface area contributed by atoms with Crippen LogP contribution in [-0.4, -0.2) is 14.1 Å². The minimum Gasteiger partial charge on any atom is -0.200 e.